The summed E-state index contributed by atoms with van der Waals surface area (Å²) in [4.78, 5) is 22.8. The monoisotopic (exact) mass is 259 g/mol. The van der Waals surface area contributed by atoms with Gasteiger partial charge in [0.1, 0.15) is 18.3 Å². The number of carbonyl (C=O) groups is 2. The van der Waals surface area contributed by atoms with Crippen LogP contribution < -0.4 is 5.32 Å². The van der Waals surface area contributed by atoms with Crippen molar-refractivity contribution in [2.24, 2.45) is 5.92 Å². The molecule has 1 unspecified atom stereocenters. The van der Waals surface area contributed by atoms with E-state index in [1.165, 1.54) is 13.0 Å². The Bertz CT molecular complexity index is 410. The molecule has 2 aliphatic heterocycles. The molecule has 5 atom stereocenters. The topological polar surface area (TPSA) is 95.9 Å². The second-order valence-electron chi connectivity index (χ2n) is 4.45. The molecule has 2 amide bonds. The summed E-state index contributed by atoms with van der Waals surface area (Å²) in [6.45, 7) is 0.963. The molecule has 6 nitrogen and oxygen atoms in total. The molecule has 0 aromatic carbocycles. The predicted octanol–water partition coefficient (Wildman–Crippen LogP) is -1.34. The number of carbonyl (C=O) groups excluding carboxylic acids is 2. The van der Waals surface area contributed by atoms with Crippen molar-refractivity contribution in [3.63, 3.8) is 0 Å². The standard InChI is InChI=1S/C11H14FNO5/c1-4-2-5(11(17)13-10(4)16)9-7(12)8(15)6(3-14)18-9/h2,5-9,14-15H,3H2,1H3,(H,13,16,17)/t5?,6-,7+,8-,9+/m0/s1. The van der Waals surface area contributed by atoms with Crippen LogP contribution in [-0.2, 0) is 14.3 Å². The summed E-state index contributed by atoms with van der Waals surface area (Å²) < 4.78 is 19.0. The van der Waals surface area contributed by atoms with Gasteiger partial charge in [-0.1, -0.05) is 6.08 Å². The second kappa shape index (κ2) is 4.75. The molecule has 0 radical (unpaired) electrons. The molecule has 3 N–H and O–H groups in total. The molecular weight excluding hydrogens is 245 g/mol. The molecule has 0 bridgehead atoms. The van der Waals surface area contributed by atoms with E-state index in [4.69, 9.17) is 9.84 Å². The first-order valence-electron chi connectivity index (χ1n) is 5.57. The van der Waals surface area contributed by atoms with Crippen molar-refractivity contribution < 1.29 is 28.9 Å². The Morgan fingerprint density at radius 2 is 2.17 bits per heavy atom. The highest BCUT2D eigenvalue weighted by Crippen LogP contribution is 2.31. The van der Waals surface area contributed by atoms with Gasteiger partial charge in [-0.15, -0.1) is 0 Å². The molecule has 100 valence electrons. The fraction of sp³-hybridized carbons (Fsp3) is 0.636. The highest BCUT2D eigenvalue weighted by Gasteiger charge is 2.49. The lowest BCUT2D eigenvalue weighted by atomic mass is 9.91. The molecule has 2 aliphatic rings. The number of hydrogen-bond donors (Lipinski definition) is 3. The molecule has 0 saturated carbocycles. The molecule has 2 rings (SSSR count). The summed E-state index contributed by atoms with van der Waals surface area (Å²) in [5.74, 6) is -2.17. The largest absolute Gasteiger partial charge is 0.394 e. The Hall–Kier alpha value is -1.31. The van der Waals surface area contributed by atoms with E-state index >= 15 is 0 Å². The van der Waals surface area contributed by atoms with Gasteiger partial charge in [0.05, 0.1) is 12.5 Å². The van der Waals surface area contributed by atoms with Crippen LogP contribution in [0.3, 0.4) is 0 Å². The quantitative estimate of drug-likeness (QED) is 0.534. The van der Waals surface area contributed by atoms with Crippen molar-refractivity contribution in [3.05, 3.63) is 11.6 Å². The number of hydrogen-bond acceptors (Lipinski definition) is 5. The number of halogens is 1. The van der Waals surface area contributed by atoms with Crippen molar-refractivity contribution in [2.45, 2.75) is 31.4 Å². The second-order valence-corrected chi connectivity index (χ2v) is 4.45. The van der Waals surface area contributed by atoms with Crippen molar-refractivity contribution >= 4 is 11.8 Å². The average Bonchev–Trinajstić information content (AvgIpc) is 2.61. The van der Waals surface area contributed by atoms with Gasteiger partial charge in [-0.05, 0) is 6.92 Å². The van der Waals surface area contributed by atoms with Crippen LogP contribution >= 0.6 is 0 Å². The van der Waals surface area contributed by atoms with Crippen LogP contribution in [0.4, 0.5) is 4.39 Å². The van der Waals surface area contributed by atoms with E-state index in [0.29, 0.717) is 0 Å². The number of aliphatic hydroxyl groups excluding tert-OH is 2. The van der Waals surface area contributed by atoms with Crippen LogP contribution in [0.5, 0.6) is 0 Å². The lowest BCUT2D eigenvalue weighted by Gasteiger charge is -2.24. The summed E-state index contributed by atoms with van der Waals surface area (Å²) in [7, 11) is 0. The van der Waals surface area contributed by atoms with Gasteiger partial charge >= 0.3 is 0 Å². The summed E-state index contributed by atoms with van der Waals surface area (Å²) in [5.41, 5.74) is 0.289. The van der Waals surface area contributed by atoms with Gasteiger partial charge in [-0.3, -0.25) is 14.9 Å². The van der Waals surface area contributed by atoms with E-state index in [9.17, 15) is 19.1 Å². The van der Waals surface area contributed by atoms with Gasteiger partial charge in [0, 0.05) is 5.57 Å². The predicted molar refractivity (Wildman–Crippen MR) is 57.0 cm³/mol. The molecule has 1 saturated heterocycles. The van der Waals surface area contributed by atoms with Gasteiger partial charge in [0.25, 0.3) is 5.91 Å². The lowest BCUT2D eigenvalue weighted by Crippen LogP contribution is -2.46. The fourth-order valence-corrected chi connectivity index (χ4v) is 2.15. The maximum absolute atomic E-state index is 13.8. The maximum Gasteiger partial charge on any atom is 0.253 e. The van der Waals surface area contributed by atoms with Crippen molar-refractivity contribution in [3.8, 4) is 0 Å². The summed E-state index contributed by atoms with van der Waals surface area (Å²) in [5, 5.41) is 20.5. The molecule has 0 aliphatic carbocycles. The van der Waals surface area contributed by atoms with Crippen LogP contribution in [0.1, 0.15) is 6.92 Å². The van der Waals surface area contributed by atoms with E-state index in [-0.39, 0.29) is 5.57 Å². The number of aliphatic hydroxyl groups is 2. The van der Waals surface area contributed by atoms with Gasteiger partial charge in [0.15, 0.2) is 6.17 Å². The Balaban J connectivity index is 2.22. The SMILES string of the molecule is CC1=CC([C@H]2O[C@@H](CO)[C@H](O)[C@H]2F)C(=O)NC1=O. The maximum atomic E-state index is 13.8. The summed E-state index contributed by atoms with van der Waals surface area (Å²) >= 11 is 0. The Kier molecular flexibility index (Phi) is 3.47. The number of alkyl halides is 1. The number of ether oxygens (including phenoxy) is 1. The highest BCUT2D eigenvalue weighted by molar-refractivity contribution is 6.08. The van der Waals surface area contributed by atoms with Crippen LogP contribution in [0.15, 0.2) is 11.6 Å². The molecule has 0 aromatic heterocycles. The minimum atomic E-state index is -1.78. The van der Waals surface area contributed by atoms with Crippen LogP contribution in [0, 0.1) is 5.92 Å². The number of rotatable bonds is 2. The molecule has 1 fully saturated rings. The van der Waals surface area contributed by atoms with Gasteiger partial charge in [-0.2, -0.15) is 0 Å². The van der Waals surface area contributed by atoms with Gasteiger partial charge in [-0.25, -0.2) is 4.39 Å². The molecule has 18 heavy (non-hydrogen) atoms. The Labute approximate surface area is 102 Å². The van der Waals surface area contributed by atoms with Gasteiger partial charge < -0.3 is 14.9 Å². The van der Waals surface area contributed by atoms with Crippen molar-refractivity contribution in [1.29, 1.82) is 0 Å². The Morgan fingerprint density at radius 1 is 1.50 bits per heavy atom. The van der Waals surface area contributed by atoms with Crippen LogP contribution in [0.2, 0.25) is 0 Å². The van der Waals surface area contributed by atoms with Crippen molar-refractivity contribution in [2.75, 3.05) is 6.61 Å². The zero-order valence-corrected chi connectivity index (χ0v) is 9.67. The van der Waals surface area contributed by atoms with Gasteiger partial charge in [0.2, 0.25) is 5.91 Å². The fourth-order valence-electron chi connectivity index (χ4n) is 2.15. The minimum absolute atomic E-state index is 0.289. The molecule has 0 aromatic rings. The van der Waals surface area contributed by atoms with E-state index in [1.807, 2.05) is 0 Å². The summed E-state index contributed by atoms with van der Waals surface area (Å²) in [6.07, 6.45) is -4.18. The molecule has 0 spiro atoms. The van der Waals surface area contributed by atoms with Crippen LogP contribution in [-0.4, -0.2) is 53.1 Å². The van der Waals surface area contributed by atoms with E-state index in [1.54, 1.807) is 0 Å². The molecular formula is C11H14FNO5. The Morgan fingerprint density at radius 3 is 2.72 bits per heavy atom. The number of imide groups is 1. The summed E-state index contributed by atoms with van der Waals surface area (Å²) in [6, 6.07) is 0. The first-order valence-corrected chi connectivity index (χ1v) is 5.57. The third kappa shape index (κ3) is 2.05. The van der Waals surface area contributed by atoms with E-state index in [2.05, 4.69) is 5.32 Å². The minimum Gasteiger partial charge on any atom is -0.394 e. The zero-order valence-electron chi connectivity index (χ0n) is 9.67. The smallest absolute Gasteiger partial charge is 0.253 e. The normalized spacial score (nSPS) is 40.7. The number of nitrogens with one attached hydrogen (secondary N) is 1. The van der Waals surface area contributed by atoms with E-state index in [0.717, 1.165) is 0 Å². The first-order chi connectivity index (χ1) is 8.45. The first kappa shape index (κ1) is 13.1. The number of amides is 2. The third-order valence-corrected chi connectivity index (χ3v) is 3.21. The zero-order chi connectivity index (χ0) is 13.4. The average molecular weight is 259 g/mol. The molecule has 2 heterocycles. The van der Waals surface area contributed by atoms with Crippen LogP contribution in [0.25, 0.3) is 0 Å². The third-order valence-electron chi connectivity index (χ3n) is 3.21. The van der Waals surface area contributed by atoms with E-state index < -0.39 is 48.8 Å². The lowest BCUT2D eigenvalue weighted by molar-refractivity contribution is -0.135. The molecule has 7 heteroatoms. The highest BCUT2D eigenvalue weighted by atomic mass is 19.1. The van der Waals surface area contributed by atoms with Crippen molar-refractivity contribution in [1.82, 2.24) is 5.32 Å².